The Kier molecular flexibility index (Phi) is 6.37. The average molecular weight is 491 g/mol. The number of fused-ring (bicyclic) bond motifs is 2. The summed E-state index contributed by atoms with van der Waals surface area (Å²) < 4.78 is 32.5. The van der Waals surface area contributed by atoms with Crippen molar-refractivity contribution in [2.75, 3.05) is 11.9 Å². The number of halogens is 2. The molecule has 8 heteroatoms. The topological polar surface area (TPSA) is 68.3 Å². The molecule has 0 unspecified atom stereocenters. The van der Waals surface area contributed by atoms with E-state index in [1.165, 1.54) is 0 Å². The molecule has 0 spiro atoms. The van der Waals surface area contributed by atoms with Crippen molar-refractivity contribution >= 4 is 51.5 Å². The minimum atomic E-state index is -0.787. The second-order valence-electron chi connectivity index (χ2n) is 8.12. The molecule has 0 aliphatic heterocycles. The summed E-state index contributed by atoms with van der Waals surface area (Å²) in [7, 11) is 0. The van der Waals surface area contributed by atoms with Crippen LogP contribution in [-0.4, -0.2) is 23.5 Å². The molecule has 2 aromatic carbocycles. The predicted molar refractivity (Wildman–Crippen MR) is 132 cm³/mol. The third-order valence-corrected chi connectivity index (χ3v) is 6.59. The highest BCUT2D eigenvalue weighted by atomic mass is 32.1. The Bertz CT molecular complexity index is 1470. The Balaban J connectivity index is 1.45. The molecule has 0 saturated heterocycles. The lowest BCUT2D eigenvalue weighted by Crippen LogP contribution is -2.23. The first-order valence-corrected chi connectivity index (χ1v) is 12.0. The lowest BCUT2D eigenvalue weighted by Gasteiger charge is -2.22. The number of pyridine rings is 1. The number of nitrogens with zero attached hydrogens (tertiary/aromatic N) is 1. The Morgan fingerprint density at radius 1 is 1.09 bits per heavy atom. The summed E-state index contributed by atoms with van der Waals surface area (Å²) in [6.07, 6.45) is 4.44. The molecule has 0 radical (unpaired) electrons. The number of esters is 1. The second-order valence-corrected chi connectivity index (χ2v) is 9.10. The van der Waals surface area contributed by atoms with Crippen LogP contribution in [0.1, 0.15) is 39.3 Å². The van der Waals surface area contributed by atoms with Gasteiger partial charge in [-0.25, -0.2) is 18.6 Å². The van der Waals surface area contributed by atoms with Gasteiger partial charge < -0.3 is 10.1 Å². The Labute approximate surface area is 204 Å². The van der Waals surface area contributed by atoms with E-state index in [4.69, 9.17) is 9.72 Å². The molecule has 5 nitrogen and oxygen atoms in total. The zero-order chi connectivity index (χ0) is 24.4. The molecule has 1 N–H and O–H groups in total. The molecule has 0 atom stereocenters. The molecule has 1 aliphatic carbocycles. The van der Waals surface area contributed by atoms with Crippen LogP contribution in [-0.2, 0) is 16.0 Å². The fraction of sp³-hybridized carbons (Fsp3) is 0.148. The van der Waals surface area contributed by atoms with Gasteiger partial charge in [0.2, 0.25) is 0 Å². The zero-order valence-corrected chi connectivity index (χ0v) is 19.3. The number of ether oxygens (including phenoxy) is 1. The number of rotatable bonds is 5. The van der Waals surface area contributed by atoms with E-state index in [-0.39, 0.29) is 5.69 Å². The van der Waals surface area contributed by atoms with Crippen LogP contribution in [0.3, 0.4) is 0 Å². The van der Waals surface area contributed by atoms with Crippen molar-refractivity contribution in [3.63, 3.8) is 0 Å². The third-order valence-electron chi connectivity index (χ3n) is 5.77. The van der Waals surface area contributed by atoms with Gasteiger partial charge >= 0.3 is 5.97 Å². The van der Waals surface area contributed by atoms with Gasteiger partial charge in [-0.05, 0) is 66.1 Å². The van der Waals surface area contributed by atoms with Crippen LogP contribution in [0.25, 0.3) is 22.6 Å². The van der Waals surface area contributed by atoms with Gasteiger partial charge in [-0.15, -0.1) is 11.3 Å². The summed E-state index contributed by atoms with van der Waals surface area (Å²) in [4.78, 5) is 31.5. The van der Waals surface area contributed by atoms with Crippen molar-refractivity contribution in [2.45, 2.75) is 19.3 Å². The summed E-state index contributed by atoms with van der Waals surface area (Å²) in [5.74, 6) is -2.91. The van der Waals surface area contributed by atoms with Gasteiger partial charge in [0.05, 0.1) is 22.5 Å². The van der Waals surface area contributed by atoms with E-state index >= 15 is 0 Å². The first-order valence-electron chi connectivity index (χ1n) is 11.1. The number of para-hydroxylation sites is 1. The molecule has 0 fully saturated rings. The van der Waals surface area contributed by atoms with Crippen LogP contribution in [0.15, 0.2) is 60.0 Å². The number of benzene rings is 2. The summed E-state index contributed by atoms with van der Waals surface area (Å²) >= 11 is 1.63. The Morgan fingerprint density at radius 3 is 2.77 bits per heavy atom. The minimum absolute atomic E-state index is 0.318. The summed E-state index contributed by atoms with van der Waals surface area (Å²) in [6.45, 7) is -0.641. The van der Waals surface area contributed by atoms with E-state index in [1.807, 2.05) is 35.7 Å². The van der Waals surface area contributed by atoms with Crippen LogP contribution < -0.4 is 5.32 Å². The molecule has 2 aromatic heterocycles. The van der Waals surface area contributed by atoms with E-state index in [2.05, 4.69) is 11.4 Å². The molecule has 0 saturated carbocycles. The molecule has 176 valence electrons. The van der Waals surface area contributed by atoms with Crippen molar-refractivity contribution in [2.24, 2.45) is 0 Å². The number of allylic oxidation sites excluding steroid dienone is 1. The summed E-state index contributed by atoms with van der Waals surface area (Å²) in [6, 6.07) is 14.0. The number of carbonyl (C=O) groups is 2. The highest BCUT2D eigenvalue weighted by Gasteiger charge is 2.26. The molecule has 35 heavy (non-hydrogen) atoms. The molecular formula is C27H20F2N2O3S. The highest BCUT2D eigenvalue weighted by Crippen LogP contribution is 2.36. The van der Waals surface area contributed by atoms with Gasteiger partial charge in [-0.2, -0.15) is 0 Å². The minimum Gasteiger partial charge on any atom is -0.452 e. The summed E-state index contributed by atoms with van der Waals surface area (Å²) in [5.41, 5.74) is 3.32. The van der Waals surface area contributed by atoms with Crippen molar-refractivity contribution in [3.8, 4) is 0 Å². The first-order chi connectivity index (χ1) is 17.0. The van der Waals surface area contributed by atoms with Crippen LogP contribution in [0, 0.1) is 11.6 Å². The molecule has 5 rings (SSSR count). The number of aromatic nitrogens is 1. The quantitative estimate of drug-likeness (QED) is 0.336. The van der Waals surface area contributed by atoms with Crippen LogP contribution in [0.4, 0.5) is 14.5 Å². The third kappa shape index (κ3) is 4.83. The smallest absolute Gasteiger partial charge is 0.339 e. The largest absolute Gasteiger partial charge is 0.452 e. The van der Waals surface area contributed by atoms with Gasteiger partial charge in [0.15, 0.2) is 6.61 Å². The molecule has 1 amide bonds. The average Bonchev–Trinajstić information content (AvgIpc) is 3.37. The second kappa shape index (κ2) is 9.76. The zero-order valence-electron chi connectivity index (χ0n) is 18.5. The van der Waals surface area contributed by atoms with Crippen molar-refractivity contribution in [1.82, 2.24) is 4.98 Å². The SMILES string of the molecule is O=C(COC(=O)c1c2c(nc3ccccc13)C(=Cc1cccs1)CCC2)Nc1cc(F)ccc1F. The number of hydrogen-bond donors (Lipinski definition) is 1. The lowest BCUT2D eigenvalue weighted by atomic mass is 9.86. The monoisotopic (exact) mass is 490 g/mol. The first kappa shape index (κ1) is 22.9. The molecule has 0 bridgehead atoms. The Morgan fingerprint density at radius 2 is 1.94 bits per heavy atom. The van der Waals surface area contributed by atoms with E-state index in [9.17, 15) is 18.4 Å². The van der Waals surface area contributed by atoms with Gasteiger partial charge in [0.25, 0.3) is 5.91 Å². The normalized spacial score (nSPS) is 14.1. The maximum atomic E-state index is 13.8. The standard InChI is InChI=1S/C27H20F2N2O3S/c28-17-10-11-21(29)23(14-17)30-24(32)15-34-27(33)25-19-7-1-2-9-22(19)31-26-16(5-3-8-20(25)26)13-18-6-4-12-35-18/h1-2,4,6-7,9-14H,3,5,8,15H2,(H,30,32). The van der Waals surface area contributed by atoms with Gasteiger partial charge in [-0.1, -0.05) is 24.3 Å². The fourth-order valence-corrected chi connectivity index (χ4v) is 4.92. The molecule has 1 aliphatic rings. The maximum absolute atomic E-state index is 13.8. The van der Waals surface area contributed by atoms with E-state index in [1.54, 1.807) is 17.4 Å². The predicted octanol–water partition coefficient (Wildman–Crippen LogP) is 6.25. The number of hydrogen-bond acceptors (Lipinski definition) is 5. The van der Waals surface area contributed by atoms with Crippen molar-refractivity contribution in [3.05, 3.63) is 93.3 Å². The van der Waals surface area contributed by atoms with Gasteiger partial charge in [0.1, 0.15) is 11.6 Å². The fourth-order valence-electron chi connectivity index (χ4n) is 4.24. The number of thiophene rings is 1. The maximum Gasteiger partial charge on any atom is 0.339 e. The molecular weight excluding hydrogens is 470 g/mol. The van der Waals surface area contributed by atoms with Crippen molar-refractivity contribution < 1.29 is 23.1 Å². The van der Waals surface area contributed by atoms with E-state index in [0.29, 0.717) is 22.9 Å². The number of nitrogens with one attached hydrogen (secondary N) is 1. The van der Waals surface area contributed by atoms with E-state index < -0.39 is 30.1 Å². The number of anilines is 1. The summed E-state index contributed by atoms with van der Waals surface area (Å²) in [5, 5.41) is 4.89. The Hall–Kier alpha value is -3.91. The van der Waals surface area contributed by atoms with Gasteiger partial charge in [0, 0.05) is 16.3 Å². The van der Waals surface area contributed by atoms with Crippen LogP contribution in [0.2, 0.25) is 0 Å². The molecule has 2 heterocycles. The van der Waals surface area contributed by atoms with Crippen molar-refractivity contribution in [1.29, 1.82) is 0 Å². The number of amides is 1. The highest BCUT2D eigenvalue weighted by molar-refractivity contribution is 7.10. The van der Waals surface area contributed by atoms with Crippen LogP contribution >= 0.6 is 11.3 Å². The molecule has 4 aromatic rings. The lowest BCUT2D eigenvalue weighted by molar-refractivity contribution is -0.119. The van der Waals surface area contributed by atoms with Gasteiger partial charge in [-0.3, -0.25) is 4.79 Å². The van der Waals surface area contributed by atoms with E-state index in [0.717, 1.165) is 52.7 Å². The van der Waals surface area contributed by atoms with Crippen LogP contribution in [0.5, 0.6) is 0 Å². The number of carbonyl (C=O) groups excluding carboxylic acids is 2.